The molecule has 0 radical (unpaired) electrons. The smallest absolute Gasteiger partial charge is 0.218 e. The van der Waals surface area contributed by atoms with Crippen molar-refractivity contribution in [1.82, 2.24) is 4.90 Å². The van der Waals surface area contributed by atoms with E-state index in [1.807, 2.05) is 0 Å². The average Bonchev–Trinajstić information content (AvgIpc) is 2.11. The van der Waals surface area contributed by atoms with Crippen LogP contribution in [0.25, 0.3) is 0 Å². The lowest BCUT2D eigenvalue weighted by Crippen LogP contribution is -2.26. The average molecular weight is 388 g/mol. The zero-order valence-corrected chi connectivity index (χ0v) is 12.2. The minimum absolute atomic E-state index is 0.214. The molecule has 0 bridgehead atoms. The van der Waals surface area contributed by atoms with Crippen LogP contribution in [0.1, 0.15) is 0 Å². The lowest BCUT2D eigenvalue weighted by Gasteiger charge is -2.21. The lowest BCUT2D eigenvalue weighted by atomic mass is 10.1. The summed E-state index contributed by atoms with van der Waals surface area (Å²) in [5.74, 6) is -0.450. The number of nitrogens with zero attached hydrogens (tertiary/aromatic N) is 1. The molecule has 0 saturated carbocycles. The highest BCUT2D eigenvalue weighted by Gasteiger charge is 2.32. The summed E-state index contributed by atoms with van der Waals surface area (Å²) in [5.41, 5.74) is 0.352. The molecule has 0 heterocycles. The van der Waals surface area contributed by atoms with Crippen LogP contribution < -0.4 is 0 Å². The molecule has 0 aromatic carbocycles. The first-order valence-electron chi connectivity index (χ1n) is 3.59. The summed E-state index contributed by atoms with van der Waals surface area (Å²) < 4.78 is 0.789. The van der Waals surface area contributed by atoms with Gasteiger partial charge in [-0.15, -0.1) is 0 Å². The molecule has 0 unspecified atom stereocenters. The predicted octanol–water partition coefficient (Wildman–Crippen LogP) is 2.31. The maximum Gasteiger partial charge on any atom is 0.218 e. The molecule has 0 N–H and O–H groups in total. The van der Waals surface area contributed by atoms with Crippen LogP contribution in [0, 0.1) is 0 Å². The van der Waals surface area contributed by atoms with Gasteiger partial charge in [-0.1, -0.05) is 0 Å². The van der Waals surface area contributed by atoms with Gasteiger partial charge in [0.2, 0.25) is 11.6 Å². The van der Waals surface area contributed by atoms with E-state index in [0.29, 0.717) is 5.70 Å². The summed E-state index contributed by atoms with van der Waals surface area (Å²) in [7, 11) is 3.42. The van der Waals surface area contributed by atoms with Gasteiger partial charge >= 0.3 is 0 Å². The zero-order valence-electron chi connectivity index (χ0n) is 7.40. The number of likely N-dealkylation sites (N-methyl/N-ethyl adjacent to an activating group) is 1. The zero-order chi connectivity index (χ0) is 11.0. The molecule has 0 fully saturated rings. The standard InChI is InChI=1S/C8H6Br3NO2/c1-12(2)6-5(11)7(13)3(9)4(10)8(6)14/h1-2H3. The highest BCUT2D eigenvalue weighted by Crippen LogP contribution is 2.34. The van der Waals surface area contributed by atoms with Crippen molar-refractivity contribution in [3.63, 3.8) is 0 Å². The molecular formula is C8H6Br3NO2. The second kappa shape index (κ2) is 4.28. The number of allylic oxidation sites excluding steroid dienone is 3. The molecule has 0 atom stereocenters. The van der Waals surface area contributed by atoms with Crippen molar-refractivity contribution >= 4 is 59.4 Å². The summed E-state index contributed by atoms with van der Waals surface area (Å²) in [6.07, 6.45) is 0. The topological polar surface area (TPSA) is 37.4 Å². The SMILES string of the molecule is CN(C)C1=C(Br)C(=O)C(Br)=C(Br)C1=O. The van der Waals surface area contributed by atoms with Crippen LogP contribution in [0.4, 0.5) is 0 Å². The van der Waals surface area contributed by atoms with Gasteiger partial charge in [0.15, 0.2) is 0 Å². The van der Waals surface area contributed by atoms with Gasteiger partial charge in [0.05, 0.1) is 13.4 Å². The van der Waals surface area contributed by atoms with E-state index in [9.17, 15) is 9.59 Å². The van der Waals surface area contributed by atoms with Crippen molar-refractivity contribution in [2.24, 2.45) is 0 Å². The number of halogens is 3. The second-order valence-corrected chi connectivity index (χ2v) is 5.22. The molecule has 1 rings (SSSR count). The van der Waals surface area contributed by atoms with E-state index in [0.717, 1.165) is 0 Å². The molecule has 0 aliphatic heterocycles. The Kier molecular flexibility index (Phi) is 3.71. The maximum absolute atomic E-state index is 11.7. The van der Waals surface area contributed by atoms with Crippen LogP contribution in [-0.4, -0.2) is 30.6 Å². The Balaban J connectivity index is 3.34. The van der Waals surface area contributed by atoms with Crippen LogP contribution in [-0.2, 0) is 9.59 Å². The molecule has 0 spiro atoms. The Hall–Kier alpha value is 0.0600. The Labute approximate surface area is 107 Å². The van der Waals surface area contributed by atoms with E-state index in [1.165, 1.54) is 0 Å². The predicted molar refractivity (Wildman–Crippen MR) is 64.5 cm³/mol. The third-order valence-electron chi connectivity index (χ3n) is 1.66. The van der Waals surface area contributed by atoms with Crippen molar-refractivity contribution in [3.05, 3.63) is 19.1 Å². The monoisotopic (exact) mass is 385 g/mol. The van der Waals surface area contributed by atoms with E-state index in [1.54, 1.807) is 19.0 Å². The minimum atomic E-state index is -0.236. The number of Topliss-reactive ketones (excluding diaryl/α,β-unsaturated/α-hetero) is 2. The van der Waals surface area contributed by atoms with Gasteiger partial charge in [0.1, 0.15) is 5.70 Å². The van der Waals surface area contributed by atoms with Crippen molar-refractivity contribution in [2.45, 2.75) is 0 Å². The number of carbonyl (C=O) groups excluding carboxylic acids is 2. The highest BCUT2D eigenvalue weighted by atomic mass is 79.9. The van der Waals surface area contributed by atoms with Crippen molar-refractivity contribution in [1.29, 1.82) is 0 Å². The van der Waals surface area contributed by atoms with Gasteiger partial charge in [-0.05, 0) is 47.8 Å². The Morgan fingerprint density at radius 1 is 0.857 bits per heavy atom. The molecule has 76 valence electrons. The Morgan fingerprint density at radius 2 is 1.29 bits per heavy atom. The molecule has 1 aliphatic rings. The molecule has 1 aliphatic carbocycles. The summed E-state index contributed by atoms with van der Waals surface area (Å²) in [4.78, 5) is 24.9. The van der Waals surface area contributed by atoms with E-state index in [2.05, 4.69) is 47.8 Å². The largest absolute Gasteiger partial charge is 0.373 e. The normalized spacial score (nSPS) is 18.1. The van der Waals surface area contributed by atoms with Crippen molar-refractivity contribution in [2.75, 3.05) is 14.1 Å². The number of rotatable bonds is 1. The fourth-order valence-corrected chi connectivity index (χ4v) is 2.75. The molecule has 0 amide bonds. The molecule has 6 heteroatoms. The Bertz CT molecular complexity index is 382. The molecule has 0 aromatic rings. The molecule has 0 aromatic heterocycles. The van der Waals surface area contributed by atoms with Crippen molar-refractivity contribution in [3.8, 4) is 0 Å². The van der Waals surface area contributed by atoms with Crippen LogP contribution in [0.5, 0.6) is 0 Å². The number of carbonyl (C=O) groups is 2. The Morgan fingerprint density at radius 3 is 1.71 bits per heavy atom. The maximum atomic E-state index is 11.7. The van der Waals surface area contributed by atoms with Crippen LogP contribution >= 0.6 is 47.8 Å². The third kappa shape index (κ3) is 1.87. The summed E-state index contributed by atoms with van der Waals surface area (Å²) in [6.45, 7) is 0. The molecule has 3 nitrogen and oxygen atoms in total. The second-order valence-electron chi connectivity index (χ2n) is 2.84. The van der Waals surface area contributed by atoms with Crippen molar-refractivity contribution < 1.29 is 9.59 Å². The molecule has 0 saturated heterocycles. The summed E-state index contributed by atoms with van der Waals surface area (Å²) >= 11 is 9.24. The van der Waals surface area contributed by atoms with Gasteiger partial charge in [0.25, 0.3) is 0 Å². The first-order valence-corrected chi connectivity index (χ1v) is 5.97. The highest BCUT2D eigenvalue weighted by molar-refractivity contribution is 9.15. The van der Waals surface area contributed by atoms with Crippen LogP contribution in [0.15, 0.2) is 19.1 Å². The van der Waals surface area contributed by atoms with E-state index in [-0.39, 0.29) is 25.0 Å². The van der Waals surface area contributed by atoms with Crippen LogP contribution in [0.3, 0.4) is 0 Å². The van der Waals surface area contributed by atoms with Gasteiger partial charge < -0.3 is 4.90 Å². The fraction of sp³-hybridized carbons (Fsp3) is 0.250. The lowest BCUT2D eigenvalue weighted by molar-refractivity contribution is -0.116. The molecule has 14 heavy (non-hydrogen) atoms. The van der Waals surface area contributed by atoms with Gasteiger partial charge in [-0.25, -0.2) is 0 Å². The fourth-order valence-electron chi connectivity index (χ4n) is 1.01. The minimum Gasteiger partial charge on any atom is -0.373 e. The first-order chi connectivity index (χ1) is 6.37. The van der Waals surface area contributed by atoms with E-state index >= 15 is 0 Å². The van der Waals surface area contributed by atoms with E-state index in [4.69, 9.17) is 0 Å². The third-order valence-corrected chi connectivity index (χ3v) is 4.44. The number of hydrogen-bond donors (Lipinski definition) is 0. The molecular weight excluding hydrogens is 382 g/mol. The quantitative estimate of drug-likeness (QED) is 0.648. The van der Waals surface area contributed by atoms with Gasteiger partial charge in [0, 0.05) is 14.1 Å². The summed E-state index contributed by atoms with van der Waals surface area (Å²) in [6, 6.07) is 0. The van der Waals surface area contributed by atoms with Gasteiger partial charge in [-0.3, -0.25) is 9.59 Å². The van der Waals surface area contributed by atoms with Crippen LogP contribution in [0.2, 0.25) is 0 Å². The number of ketones is 2. The summed E-state index contributed by atoms with van der Waals surface area (Å²) in [5, 5.41) is 0. The van der Waals surface area contributed by atoms with E-state index < -0.39 is 0 Å². The first kappa shape index (κ1) is 12.1. The van der Waals surface area contributed by atoms with Gasteiger partial charge in [-0.2, -0.15) is 0 Å². The number of hydrogen-bond acceptors (Lipinski definition) is 3.